The summed E-state index contributed by atoms with van der Waals surface area (Å²) >= 11 is 0. The van der Waals surface area contributed by atoms with Crippen LogP contribution in [0.15, 0.2) is 0 Å². The first-order chi connectivity index (χ1) is 10.00. The molecule has 2 amide bonds. The quantitative estimate of drug-likeness (QED) is 0.625. The van der Waals surface area contributed by atoms with Gasteiger partial charge in [0.15, 0.2) is 0 Å². The summed E-state index contributed by atoms with van der Waals surface area (Å²) in [6.45, 7) is 4.57. The van der Waals surface area contributed by atoms with Crippen molar-refractivity contribution in [3.8, 4) is 0 Å². The van der Waals surface area contributed by atoms with Crippen molar-refractivity contribution in [3.63, 3.8) is 0 Å². The highest BCUT2D eigenvalue weighted by molar-refractivity contribution is 5.78. The molecule has 1 saturated carbocycles. The average Bonchev–Trinajstić information content (AvgIpc) is 2.71. The Morgan fingerprint density at radius 2 is 1.76 bits per heavy atom. The molecule has 1 aliphatic carbocycles. The van der Waals surface area contributed by atoms with Crippen LogP contribution in [0.5, 0.6) is 0 Å². The topological polar surface area (TPSA) is 81.7 Å². The minimum Gasteiger partial charge on any atom is -0.481 e. The molecule has 0 spiro atoms. The smallest absolute Gasteiger partial charge is 0.314 e. The van der Waals surface area contributed by atoms with E-state index in [2.05, 4.69) is 22.5 Å². The van der Waals surface area contributed by atoms with Gasteiger partial charge in [0.25, 0.3) is 0 Å². The van der Waals surface area contributed by atoms with Crippen molar-refractivity contribution in [1.82, 2.24) is 15.5 Å². The molecule has 1 rings (SSSR count). The van der Waals surface area contributed by atoms with E-state index < -0.39 is 11.4 Å². The molecule has 122 valence electrons. The molecule has 1 fully saturated rings. The van der Waals surface area contributed by atoms with Gasteiger partial charge in [0.1, 0.15) is 0 Å². The van der Waals surface area contributed by atoms with E-state index in [-0.39, 0.29) is 12.6 Å². The molecule has 0 aromatic heterocycles. The number of hydrogen-bond acceptors (Lipinski definition) is 3. The third-order valence-electron chi connectivity index (χ3n) is 4.42. The average molecular weight is 299 g/mol. The summed E-state index contributed by atoms with van der Waals surface area (Å²) < 4.78 is 0. The zero-order valence-corrected chi connectivity index (χ0v) is 13.3. The van der Waals surface area contributed by atoms with Crippen LogP contribution >= 0.6 is 0 Å². The first kappa shape index (κ1) is 17.8. The van der Waals surface area contributed by atoms with E-state index in [1.54, 1.807) is 0 Å². The second-order valence-electron chi connectivity index (χ2n) is 6.01. The molecule has 0 radical (unpaired) electrons. The van der Waals surface area contributed by atoms with Crippen molar-refractivity contribution in [2.45, 2.75) is 45.4 Å². The number of carbonyl (C=O) groups is 2. The largest absolute Gasteiger partial charge is 0.481 e. The summed E-state index contributed by atoms with van der Waals surface area (Å²) in [6.07, 6.45) is 5.34. The van der Waals surface area contributed by atoms with Gasteiger partial charge in [-0.1, -0.05) is 32.6 Å². The Bertz CT molecular complexity index is 339. The highest BCUT2D eigenvalue weighted by atomic mass is 16.4. The number of hydrogen-bond donors (Lipinski definition) is 3. The van der Waals surface area contributed by atoms with Gasteiger partial charge in [-0.3, -0.25) is 4.79 Å². The summed E-state index contributed by atoms with van der Waals surface area (Å²) in [7, 11) is 1.99. The molecule has 6 nitrogen and oxygen atoms in total. The van der Waals surface area contributed by atoms with Crippen LogP contribution in [0.1, 0.15) is 45.4 Å². The third-order valence-corrected chi connectivity index (χ3v) is 4.42. The van der Waals surface area contributed by atoms with E-state index in [1.165, 1.54) is 0 Å². The lowest BCUT2D eigenvalue weighted by Crippen LogP contribution is -2.47. The van der Waals surface area contributed by atoms with Gasteiger partial charge in [0.2, 0.25) is 0 Å². The third kappa shape index (κ3) is 5.91. The number of carbonyl (C=O) groups excluding carboxylic acids is 1. The van der Waals surface area contributed by atoms with Crippen LogP contribution in [0.25, 0.3) is 0 Å². The summed E-state index contributed by atoms with van der Waals surface area (Å²) in [6, 6.07) is -0.274. The number of nitrogens with zero attached hydrogens (tertiary/aromatic N) is 1. The lowest BCUT2D eigenvalue weighted by atomic mass is 9.80. The fourth-order valence-corrected chi connectivity index (χ4v) is 2.70. The Morgan fingerprint density at radius 3 is 2.29 bits per heavy atom. The number of nitrogens with one attached hydrogen (secondary N) is 2. The molecular weight excluding hydrogens is 270 g/mol. The maximum absolute atomic E-state index is 11.8. The van der Waals surface area contributed by atoms with Gasteiger partial charge in [-0.2, -0.15) is 0 Å². The van der Waals surface area contributed by atoms with E-state index >= 15 is 0 Å². The second-order valence-corrected chi connectivity index (χ2v) is 6.01. The number of amides is 2. The summed E-state index contributed by atoms with van der Waals surface area (Å²) in [5.41, 5.74) is -0.784. The van der Waals surface area contributed by atoms with Crippen LogP contribution in [0.4, 0.5) is 4.79 Å². The Morgan fingerprint density at radius 1 is 1.14 bits per heavy atom. The van der Waals surface area contributed by atoms with Crippen molar-refractivity contribution in [2.75, 3.05) is 33.2 Å². The van der Waals surface area contributed by atoms with Gasteiger partial charge in [0, 0.05) is 19.6 Å². The summed E-state index contributed by atoms with van der Waals surface area (Å²) in [5, 5.41) is 15.0. The number of urea groups is 1. The Hall–Kier alpha value is -1.30. The number of rotatable bonds is 7. The predicted molar refractivity (Wildman–Crippen MR) is 82.3 cm³/mol. The van der Waals surface area contributed by atoms with Crippen LogP contribution < -0.4 is 10.6 Å². The van der Waals surface area contributed by atoms with Crippen LogP contribution in [0.2, 0.25) is 0 Å². The van der Waals surface area contributed by atoms with Crippen LogP contribution in [-0.2, 0) is 4.79 Å². The van der Waals surface area contributed by atoms with E-state index in [0.717, 1.165) is 38.8 Å². The van der Waals surface area contributed by atoms with Crippen LogP contribution in [0, 0.1) is 5.41 Å². The predicted octanol–water partition coefficient (Wildman–Crippen LogP) is 1.66. The molecule has 0 bridgehead atoms. The molecule has 6 heteroatoms. The molecule has 0 aromatic carbocycles. The molecule has 0 aromatic rings. The fourth-order valence-electron chi connectivity index (χ4n) is 2.70. The van der Waals surface area contributed by atoms with Crippen molar-refractivity contribution in [1.29, 1.82) is 0 Å². The van der Waals surface area contributed by atoms with Crippen LogP contribution in [0.3, 0.4) is 0 Å². The monoisotopic (exact) mass is 299 g/mol. The Balaban J connectivity index is 2.39. The highest BCUT2D eigenvalue weighted by Gasteiger charge is 2.38. The van der Waals surface area contributed by atoms with Crippen molar-refractivity contribution in [3.05, 3.63) is 0 Å². The lowest BCUT2D eigenvalue weighted by molar-refractivity contribution is -0.149. The first-order valence-electron chi connectivity index (χ1n) is 7.94. The van der Waals surface area contributed by atoms with Crippen molar-refractivity contribution < 1.29 is 14.7 Å². The van der Waals surface area contributed by atoms with E-state index in [4.69, 9.17) is 0 Å². The van der Waals surface area contributed by atoms with Crippen molar-refractivity contribution in [2.24, 2.45) is 5.41 Å². The molecule has 21 heavy (non-hydrogen) atoms. The van der Waals surface area contributed by atoms with Gasteiger partial charge in [-0.15, -0.1) is 0 Å². The fraction of sp³-hybridized carbons (Fsp3) is 0.867. The number of carboxylic acids is 1. The molecule has 0 atom stereocenters. The van der Waals surface area contributed by atoms with Gasteiger partial charge < -0.3 is 20.6 Å². The second kappa shape index (κ2) is 8.87. The van der Waals surface area contributed by atoms with Gasteiger partial charge in [-0.25, -0.2) is 4.79 Å². The molecule has 0 saturated heterocycles. The molecular formula is C15H29N3O3. The zero-order chi connectivity index (χ0) is 15.7. The zero-order valence-electron chi connectivity index (χ0n) is 13.3. The lowest BCUT2D eigenvalue weighted by Gasteiger charge is -2.28. The Kier molecular flexibility index (Phi) is 7.50. The van der Waals surface area contributed by atoms with Gasteiger partial charge >= 0.3 is 12.0 Å². The molecule has 1 aliphatic rings. The van der Waals surface area contributed by atoms with Gasteiger partial charge in [0.05, 0.1) is 5.41 Å². The standard InChI is InChI=1S/C15H29N3O3/c1-3-18(2)11-10-16-14(21)17-12-15(13(19)20)8-6-4-5-7-9-15/h3-12H2,1-2H3,(H,19,20)(H2,16,17,21). The number of aliphatic carboxylic acids is 1. The molecule has 3 N–H and O–H groups in total. The number of likely N-dealkylation sites (N-methyl/N-ethyl adjacent to an activating group) is 1. The van der Waals surface area contributed by atoms with E-state index in [0.29, 0.717) is 19.4 Å². The maximum Gasteiger partial charge on any atom is 0.314 e. The minimum absolute atomic E-state index is 0.220. The molecule has 0 unspecified atom stereocenters. The number of carboxylic acid groups (broad SMARTS) is 1. The maximum atomic E-state index is 11.8. The van der Waals surface area contributed by atoms with Crippen molar-refractivity contribution >= 4 is 12.0 Å². The summed E-state index contributed by atoms with van der Waals surface area (Å²) in [4.78, 5) is 25.5. The normalized spacial score (nSPS) is 18.0. The highest BCUT2D eigenvalue weighted by Crippen LogP contribution is 2.34. The van der Waals surface area contributed by atoms with E-state index in [9.17, 15) is 14.7 Å². The molecule has 0 heterocycles. The first-order valence-corrected chi connectivity index (χ1v) is 7.94. The van der Waals surface area contributed by atoms with E-state index in [1.807, 2.05) is 7.05 Å². The Labute approximate surface area is 127 Å². The summed E-state index contributed by atoms with van der Waals surface area (Å²) in [5.74, 6) is -0.782. The van der Waals surface area contributed by atoms with Gasteiger partial charge in [-0.05, 0) is 26.4 Å². The SMILES string of the molecule is CCN(C)CCNC(=O)NCC1(C(=O)O)CCCCCC1. The molecule has 0 aliphatic heterocycles. The minimum atomic E-state index is -0.784. The van der Waals surface area contributed by atoms with Crippen LogP contribution in [-0.4, -0.2) is 55.2 Å².